The van der Waals surface area contributed by atoms with Crippen molar-refractivity contribution in [1.29, 1.82) is 0 Å². The molecule has 0 unspecified atom stereocenters. The Morgan fingerprint density at radius 3 is 2.47 bits per heavy atom. The average molecular weight is 207 g/mol. The van der Waals surface area contributed by atoms with Crippen molar-refractivity contribution >= 4 is 5.71 Å². The van der Waals surface area contributed by atoms with Crippen LogP contribution in [0.4, 0.5) is 4.39 Å². The molecule has 15 heavy (non-hydrogen) atoms. The second-order valence-corrected chi connectivity index (χ2v) is 3.86. The summed E-state index contributed by atoms with van der Waals surface area (Å²) in [5.74, 6) is -0.109. The lowest BCUT2D eigenvalue weighted by Gasteiger charge is -2.09. The Bertz CT molecular complexity index is 357. The molecular formula is C13H18FN. The zero-order chi connectivity index (χ0) is 11.4. The summed E-state index contributed by atoms with van der Waals surface area (Å²) < 4.78 is 13.7. The van der Waals surface area contributed by atoms with Gasteiger partial charge in [-0.05, 0) is 43.0 Å². The van der Waals surface area contributed by atoms with Gasteiger partial charge in [-0.2, -0.15) is 0 Å². The van der Waals surface area contributed by atoms with Gasteiger partial charge in [0, 0.05) is 19.2 Å². The fourth-order valence-corrected chi connectivity index (χ4v) is 1.74. The maximum absolute atomic E-state index is 13.7. The van der Waals surface area contributed by atoms with Crippen LogP contribution >= 0.6 is 0 Å². The highest BCUT2D eigenvalue weighted by Crippen LogP contribution is 2.17. The molecular weight excluding hydrogens is 189 g/mol. The van der Waals surface area contributed by atoms with Crippen LogP contribution in [0.3, 0.4) is 0 Å². The number of halogens is 1. The van der Waals surface area contributed by atoms with Gasteiger partial charge in [0.1, 0.15) is 5.82 Å². The van der Waals surface area contributed by atoms with Crippen LogP contribution in [0.15, 0.2) is 17.1 Å². The van der Waals surface area contributed by atoms with E-state index in [1.807, 2.05) is 26.8 Å². The van der Waals surface area contributed by atoms with E-state index in [0.717, 1.165) is 28.8 Å². The summed E-state index contributed by atoms with van der Waals surface area (Å²) in [6, 6.07) is 3.60. The average Bonchev–Trinajstić information content (AvgIpc) is 2.17. The number of aryl methyl sites for hydroxylation is 2. The van der Waals surface area contributed by atoms with E-state index in [4.69, 9.17) is 0 Å². The van der Waals surface area contributed by atoms with Crippen molar-refractivity contribution in [2.75, 3.05) is 7.05 Å². The maximum atomic E-state index is 13.7. The van der Waals surface area contributed by atoms with E-state index in [1.165, 1.54) is 0 Å². The number of benzene rings is 1. The fourth-order valence-electron chi connectivity index (χ4n) is 1.74. The van der Waals surface area contributed by atoms with Gasteiger partial charge in [0.25, 0.3) is 0 Å². The van der Waals surface area contributed by atoms with Crippen LogP contribution in [-0.4, -0.2) is 12.8 Å². The lowest BCUT2D eigenvalue weighted by atomic mass is 9.99. The van der Waals surface area contributed by atoms with E-state index in [-0.39, 0.29) is 5.82 Å². The molecule has 0 aliphatic rings. The number of rotatable bonds is 3. The minimum absolute atomic E-state index is 0.109. The molecule has 0 N–H and O–H groups in total. The molecule has 0 aliphatic carbocycles. The van der Waals surface area contributed by atoms with Crippen molar-refractivity contribution < 1.29 is 4.39 Å². The molecule has 1 aromatic rings. The standard InChI is InChI=1S/C13H18FN/c1-5-11(15-4)8-12-10(3)6-9(2)7-13(12)14/h6-7H,5,8H2,1-4H3. The third kappa shape index (κ3) is 2.88. The van der Waals surface area contributed by atoms with Crippen LogP contribution in [0.5, 0.6) is 0 Å². The van der Waals surface area contributed by atoms with Gasteiger partial charge in [-0.1, -0.05) is 13.0 Å². The third-order valence-electron chi connectivity index (χ3n) is 2.67. The van der Waals surface area contributed by atoms with Gasteiger partial charge in [-0.25, -0.2) is 4.39 Å². The molecule has 0 aromatic heterocycles. The minimum atomic E-state index is -0.109. The van der Waals surface area contributed by atoms with Gasteiger partial charge in [-0.15, -0.1) is 0 Å². The molecule has 0 amide bonds. The first kappa shape index (κ1) is 11.9. The van der Waals surface area contributed by atoms with Gasteiger partial charge in [0.2, 0.25) is 0 Å². The summed E-state index contributed by atoms with van der Waals surface area (Å²) in [6.45, 7) is 5.91. The molecule has 2 heteroatoms. The molecule has 1 nitrogen and oxygen atoms in total. The summed E-state index contributed by atoms with van der Waals surface area (Å²) in [4.78, 5) is 4.16. The van der Waals surface area contributed by atoms with Crippen LogP contribution in [0.25, 0.3) is 0 Å². The number of aliphatic imine (C=N–C) groups is 1. The first-order valence-electron chi connectivity index (χ1n) is 5.28. The van der Waals surface area contributed by atoms with E-state index in [0.29, 0.717) is 6.42 Å². The van der Waals surface area contributed by atoms with E-state index in [9.17, 15) is 4.39 Å². The topological polar surface area (TPSA) is 12.4 Å². The van der Waals surface area contributed by atoms with Crippen LogP contribution in [0, 0.1) is 19.7 Å². The Balaban J connectivity index is 3.05. The Morgan fingerprint density at radius 2 is 2.00 bits per heavy atom. The van der Waals surface area contributed by atoms with Gasteiger partial charge in [-0.3, -0.25) is 4.99 Å². The SMILES string of the molecule is CCC(Cc1c(C)cc(C)cc1F)=NC. The highest BCUT2D eigenvalue weighted by atomic mass is 19.1. The Hall–Kier alpha value is -1.18. The highest BCUT2D eigenvalue weighted by molar-refractivity contribution is 5.86. The Kier molecular flexibility index (Phi) is 4.01. The normalized spacial score (nSPS) is 11.9. The summed E-state index contributed by atoms with van der Waals surface area (Å²) >= 11 is 0. The highest BCUT2D eigenvalue weighted by Gasteiger charge is 2.08. The summed E-state index contributed by atoms with van der Waals surface area (Å²) in [5.41, 5.74) is 3.81. The maximum Gasteiger partial charge on any atom is 0.127 e. The number of hydrogen-bond donors (Lipinski definition) is 0. The Labute approximate surface area is 91.0 Å². The first-order valence-corrected chi connectivity index (χ1v) is 5.28. The predicted molar refractivity (Wildman–Crippen MR) is 63.2 cm³/mol. The van der Waals surface area contributed by atoms with Crippen molar-refractivity contribution in [1.82, 2.24) is 0 Å². The van der Waals surface area contributed by atoms with Crippen LogP contribution in [0.2, 0.25) is 0 Å². The zero-order valence-corrected chi connectivity index (χ0v) is 9.89. The number of nitrogens with zero attached hydrogens (tertiary/aromatic N) is 1. The summed E-state index contributed by atoms with van der Waals surface area (Å²) in [6.07, 6.45) is 1.51. The molecule has 0 saturated carbocycles. The molecule has 1 rings (SSSR count). The number of hydrogen-bond acceptors (Lipinski definition) is 1. The van der Waals surface area contributed by atoms with Crippen molar-refractivity contribution in [2.45, 2.75) is 33.6 Å². The second-order valence-electron chi connectivity index (χ2n) is 3.86. The van der Waals surface area contributed by atoms with Crippen molar-refractivity contribution in [3.63, 3.8) is 0 Å². The fraction of sp³-hybridized carbons (Fsp3) is 0.462. The molecule has 0 fully saturated rings. The molecule has 1 aromatic carbocycles. The second kappa shape index (κ2) is 5.06. The van der Waals surface area contributed by atoms with Crippen LogP contribution < -0.4 is 0 Å². The van der Waals surface area contributed by atoms with Gasteiger partial charge >= 0.3 is 0 Å². The zero-order valence-electron chi connectivity index (χ0n) is 9.89. The molecule has 0 radical (unpaired) electrons. The molecule has 0 saturated heterocycles. The smallest absolute Gasteiger partial charge is 0.127 e. The molecule has 0 spiro atoms. The van der Waals surface area contributed by atoms with Crippen LogP contribution in [-0.2, 0) is 6.42 Å². The monoisotopic (exact) mass is 207 g/mol. The minimum Gasteiger partial charge on any atom is -0.297 e. The van der Waals surface area contributed by atoms with E-state index in [2.05, 4.69) is 4.99 Å². The van der Waals surface area contributed by atoms with E-state index in [1.54, 1.807) is 13.1 Å². The molecule has 82 valence electrons. The quantitative estimate of drug-likeness (QED) is 0.673. The Morgan fingerprint density at radius 1 is 1.33 bits per heavy atom. The molecule has 0 heterocycles. The van der Waals surface area contributed by atoms with Crippen molar-refractivity contribution in [2.24, 2.45) is 4.99 Å². The van der Waals surface area contributed by atoms with Crippen molar-refractivity contribution in [3.05, 3.63) is 34.6 Å². The summed E-state index contributed by atoms with van der Waals surface area (Å²) in [5, 5.41) is 0. The first-order chi connectivity index (χ1) is 7.08. The largest absolute Gasteiger partial charge is 0.297 e. The van der Waals surface area contributed by atoms with Crippen LogP contribution in [0.1, 0.15) is 30.0 Å². The van der Waals surface area contributed by atoms with Gasteiger partial charge in [0.05, 0.1) is 0 Å². The molecule has 0 atom stereocenters. The third-order valence-corrected chi connectivity index (χ3v) is 2.67. The van der Waals surface area contributed by atoms with E-state index >= 15 is 0 Å². The van der Waals surface area contributed by atoms with Gasteiger partial charge in [0.15, 0.2) is 0 Å². The lowest BCUT2D eigenvalue weighted by molar-refractivity contribution is 0.612. The summed E-state index contributed by atoms with van der Waals surface area (Å²) in [7, 11) is 1.76. The predicted octanol–water partition coefficient (Wildman–Crippen LogP) is 3.47. The van der Waals surface area contributed by atoms with Crippen molar-refractivity contribution in [3.8, 4) is 0 Å². The lowest BCUT2D eigenvalue weighted by Crippen LogP contribution is -2.05. The van der Waals surface area contributed by atoms with Gasteiger partial charge < -0.3 is 0 Å². The van der Waals surface area contributed by atoms with E-state index < -0.39 is 0 Å². The molecule has 0 aliphatic heterocycles. The molecule has 0 bridgehead atoms.